The van der Waals surface area contributed by atoms with Gasteiger partial charge in [-0.15, -0.1) is 6.58 Å². The highest BCUT2D eigenvalue weighted by atomic mass is 16.1. The van der Waals surface area contributed by atoms with Crippen LogP contribution >= 0.6 is 0 Å². The lowest BCUT2D eigenvalue weighted by atomic mass is 9.77. The van der Waals surface area contributed by atoms with E-state index in [9.17, 15) is 4.79 Å². The molecule has 144 valence electrons. The van der Waals surface area contributed by atoms with Crippen LogP contribution in [0.2, 0.25) is 0 Å². The fourth-order valence-electron chi connectivity index (χ4n) is 3.99. The van der Waals surface area contributed by atoms with Crippen LogP contribution in [0.5, 0.6) is 0 Å². The monoisotopic (exact) mass is 354 g/mol. The van der Waals surface area contributed by atoms with Gasteiger partial charge in [0.15, 0.2) is 0 Å². The Labute approximate surface area is 161 Å². The predicted molar refractivity (Wildman–Crippen MR) is 116 cm³/mol. The molecule has 1 heteroatoms. The van der Waals surface area contributed by atoms with E-state index in [0.29, 0.717) is 24.0 Å². The predicted octanol–water partition coefficient (Wildman–Crippen LogP) is 7.50. The molecule has 1 aromatic rings. The van der Waals surface area contributed by atoms with Crippen LogP contribution in [0, 0.1) is 18.8 Å². The number of Topliss-reactive ketones (excluding diaryl/α,β-unsaturated/α-hetero) is 1. The Hall–Kier alpha value is -1.63. The van der Waals surface area contributed by atoms with Gasteiger partial charge < -0.3 is 0 Å². The molecule has 0 radical (unpaired) electrons. The lowest BCUT2D eigenvalue weighted by Gasteiger charge is -2.27. The number of allylic oxidation sites excluding steroid dienone is 3. The van der Waals surface area contributed by atoms with Gasteiger partial charge in [0.05, 0.1) is 0 Å². The normalized spacial score (nSPS) is 21.4. The quantitative estimate of drug-likeness (QED) is 0.500. The van der Waals surface area contributed by atoms with Crippen molar-refractivity contribution in [3.63, 3.8) is 0 Å². The Balaban J connectivity index is 0.00000105. The van der Waals surface area contributed by atoms with E-state index < -0.39 is 0 Å². The second kappa shape index (κ2) is 11.2. The van der Waals surface area contributed by atoms with Gasteiger partial charge >= 0.3 is 0 Å². The number of carbonyl (C=O) groups is 1. The summed E-state index contributed by atoms with van der Waals surface area (Å²) in [5.41, 5.74) is 5.28. The van der Waals surface area contributed by atoms with E-state index in [2.05, 4.69) is 65.5 Å². The van der Waals surface area contributed by atoms with Gasteiger partial charge in [0.25, 0.3) is 0 Å². The maximum absolute atomic E-state index is 12.7. The number of aryl methyl sites for hydroxylation is 1. The maximum Gasteiger partial charge on any atom is 0.136 e. The molecule has 0 N–H and O–H groups in total. The Morgan fingerprint density at radius 1 is 1.23 bits per heavy atom. The van der Waals surface area contributed by atoms with Gasteiger partial charge in [-0.25, -0.2) is 0 Å². The van der Waals surface area contributed by atoms with E-state index in [4.69, 9.17) is 0 Å². The van der Waals surface area contributed by atoms with Crippen molar-refractivity contribution in [1.82, 2.24) is 0 Å². The number of ketones is 1. The SMILES string of the molecule is C/C=C(\C)c1cccc(C)c1C(C)CC(=O)C1CCC(C)CC1.C=CC. The highest BCUT2D eigenvalue weighted by molar-refractivity contribution is 5.82. The molecule has 0 aromatic heterocycles. The van der Waals surface area contributed by atoms with E-state index in [1.54, 1.807) is 6.08 Å². The third kappa shape index (κ3) is 6.27. The minimum absolute atomic E-state index is 0.299. The molecule has 1 nitrogen and oxygen atoms in total. The Morgan fingerprint density at radius 3 is 2.35 bits per heavy atom. The number of carbonyl (C=O) groups excluding carboxylic acids is 1. The third-order valence-corrected chi connectivity index (χ3v) is 5.65. The molecule has 2 rings (SSSR count). The number of hydrogen-bond acceptors (Lipinski definition) is 1. The molecule has 1 aliphatic rings. The van der Waals surface area contributed by atoms with Gasteiger partial charge in [-0.1, -0.05) is 57.0 Å². The Bertz CT molecular complexity index is 615. The first-order valence-corrected chi connectivity index (χ1v) is 10.2. The molecule has 1 unspecified atom stereocenters. The fourth-order valence-corrected chi connectivity index (χ4v) is 3.99. The maximum atomic E-state index is 12.7. The van der Waals surface area contributed by atoms with Crippen molar-refractivity contribution in [2.24, 2.45) is 11.8 Å². The van der Waals surface area contributed by atoms with Crippen LogP contribution in [0.25, 0.3) is 5.57 Å². The fraction of sp³-hybridized carbons (Fsp3) is 0.560. The molecule has 0 amide bonds. The second-order valence-corrected chi connectivity index (χ2v) is 7.94. The molecule has 0 saturated heterocycles. The first-order valence-electron chi connectivity index (χ1n) is 10.2. The van der Waals surface area contributed by atoms with Crippen LogP contribution in [-0.4, -0.2) is 5.78 Å². The molecule has 0 spiro atoms. The highest BCUT2D eigenvalue weighted by Gasteiger charge is 2.26. The van der Waals surface area contributed by atoms with Crippen molar-refractivity contribution in [3.8, 4) is 0 Å². The summed E-state index contributed by atoms with van der Waals surface area (Å²) in [6.45, 7) is 16.2. The van der Waals surface area contributed by atoms with E-state index in [-0.39, 0.29) is 0 Å². The van der Waals surface area contributed by atoms with Gasteiger partial charge in [-0.2, -0.15) is 0 Å². The first kappa shape index (κ1) is 22.4. The molecule has 26 heavy (non-hydrogen) atoms. The van der Waals surface area contributed by atoms with Gasteiger partial charge in [-0.3, -0.25) is 4.79 Å². The van der Waals surface area contributed by atoms with Crippen LogP contribution in [-0.2, 0) is 4.79 Å². The molecule has 1 atom stereocenters. The lowest BCUT2D eigenvalue weighted by Crippen LogP contribution is -2.22. The topological polar surface area (TPSA) is 17.1 Å². The molecule has 0 bridgehead atoms. The van der Waals surface area contributed by atoms with Crippen LogP contribution in [0.15, 0.2) is 36.9 Å². The van der Waals surface area contributed by atoms with Crippen molar-refractivity contribution in [3.05, 3.63) is 53.6 Å². The zero-order chi connectivity index (χ0) is 19.7. The van der Waals surface area contributed by atoms with E-state index in [0.717, 1.165) is 18.8 Å². The summed E-state index contributed by atoms with van der Waals surface area (Å²) in [6, 6.07) is 6.49. The summed E-state index contributed by atoms with van der Waals surface area (Å²) >= 11 is 0. The number of benzene rings is 1. The van der Waals surface area contributed by atoms with Crippen LogP contribution in [0.4, 0.5) is 0 Å². The molecule has 1 aromatic carbocycles. The molecule has 0 heterocycles. The molecule has 1 saturated carbocycles. The summed E-state index contributed by atoms with van der Waals surface area (Å²) in [6.07, 6.45) is 9.24. The summed E-state index contributed by atoms with van der Waals surface area (Å²) in [4.78, 5) is 12.7. The molecular formula is C25H38O. The van der Waals surface area contributed by atoms with Crippen molar-refractivity contribution in [2.75, 3.05) is 0 Å². The van der Waals surface area contributed by atoms with Crippen molar-refractivity contribution in [2.45, 2.75) is 79.6 Å². The minimum Gasteiger partial charge on any atom is -0.299 e. The third-order valence-electron chi connectivity index (χ3n) is 5.65. The summed E-state index contributed by atoms with van der Waals surface area (Å²) < 4.78 is 0. The molecule has 1 fully saturated rings. The van der Waals surface area contributed by atoms with Gasteiger partial charge in [0, 0.05) is 12.3 Å². The average Bonchev–Trinajstić information content (AvgIpc) is 2.61. The summed E-state index contributed by atoms with van der Waals surface area (Å²) in [7, 11) is 0. The molecule has 1 aliphatic carbocycles. The van der Waals surface area contributed by atoms with Gasteiger partial charge in [-0.05, 0) is 74.6 Å². The average molecular weight is 355 g/mol. The van der Waals surface area contributed by atoms with Crippen molar-refractivity contribution < 1.29 is 4.79 Å². The van der Waals surface area contributed by atoms with Crippen LogP contribution in [0.1, 0.15) is 89.3 Å². The second-order valence-electron chi connectivity index (χ2n) is 7.94. The summed E-state index contributed by atoms with van der Waals surface area (Å²) in [5.74, 6) is 1.89. The smallest absolute Gasteiger partial charge is 0.136 e. The highest BCUT2D eigenvalue weighted by Crippen LogP contribution is 2.34. The van der Waals surface area contributed by atoms with Crippen molar-refractivity contribution >= 4 is 11.4 Å². The Kier molecular flexibility index (Phi) is 9.62. The summed E-state index contributed by atoms with van der Waals surface area (Å²) in [5, 5.41) is 0. The van der Waals surface area contributed by atoms with E-state index in [1.165, 1.54) is 35.1 Å². The molecule has 0 aliphatic heterocycles. The van der Waals surface area contributed by atoms with Crippen LogP contribution in [0.3, 0.4) is 0 Å². The van der Waals surface area contributed by atoms with E-state index >= 15 is 0 Å². The van der Waals surface area contributed by atoms with Crippen LogP contribution < -0.4 is 0 Å². The largest absolute Gasteiger partial charge is 0.299 e. The molecular weight excluding hydrogens is 316 g/mol. The zero-order valence-corrected chi connectivity index (χ0v) is 17.8. The Morgan fingerprint density at radius 2 is 1.81 bits per heavy atom. The first-order chi connectivity index (χ1) is 12.3. The minimum atomic E-state index is 0.299. The van der Waals surface area contributed by atoms with E-state index in [1.807, 2.05) is 6.92 Å². The van der Waals surface area contributed by atoms with Gasteiger partial charge in [0.2, 0.25) is 0 Å². The number of rotatable bonds is 5. The van der Waals surface area contributed by atoms with Crippen molar-refractivity contribution in [1.29, 1.82) is 0 Å². The zero-order valence-electron chi connectivity index (χ0n) is 17.8. The van der Waals surface area contributed by atoms with Gasteiger partial charge in [0.1, 0.15) is 5.78 Å². The standard InChI is InChI=1S/C22H32O.C3H6/c1-6-16(3)20-9-7-8-17(4)22(20)18(5)14-21(23)19-12-10-15(2)11-13-19;1-3-2/h6-9,15,18-19H,10-14H2,1-5H3;3H,1H2,2H3/b16-6+;. The number of hydrogen-bond donors (Lipinski definition) is 0. The lowest BCUT2D eigenvalue weighted by molar-refractivity contribution is -0.124.